The van der Waals surface area contributed by atoms with Crippen molar-refractivity contribution in [2.24, 2.45) is 0 Å². The highest BCUT2D eigenvalue weighted by Gasteiger charge is 2.32. The lowest BCUT2D eigenvalue weighted by Gasteiger charge is -2.31. The molecule has 2 aromatic carbocycles. The third-order valence-corrected chi connectivity index (χ3v) is 5.01. The maximum Gasteiger partial charge on any atom is 0.112 e. The van der Waals surface area contributed by atoms with Gasteiger partial charge in [-0.2, -0.15) is 0 Å². The Morgan fingerprint density at radius 3 is 2.44 bits per heavy atom. The zero-order chi connectivity index (χ0) is 18.0. The van der Waals surface area contributed by atoms with E-state index in [-0.39, 0.29) is 0 Å². The molecule has 0 aliphatic carbocycles. The largest absolute Gasteiger partial charge is 0.383 e. The Morgan fingerprint density at radius 1 is 1.08 bits per heavy atom. The minimum absolute atomic E-state index is 0.337. The first kappa shape index (κ1) is 18.3. The maximum atomic E-state index is 11.6. The second-order valence-corrected chi connectivity index (χ2v) is 7.42. The normalized spacial score (nSPS) is 13.6. The average molecular weight is 396 g/mol. The second kappa shape index (κ2) is 7.38. The van der Waals surface area contributed by atoms with Gasteiger partial charge >= 0.3 is 0 Å². The summed E-state index contributed by atoms with van der Waals surface area (Å²) >= 11 is 18.4. The van der Waals surface area contributed by atoms with Crippen molar-refractivity contribution in [1.82, 2.24) is 9.55 Å². The molecule has 6 heteroatoms. The van der Waals surface area contributed by atoms with E-state index in [1.54, 1.807) is 30.7 Å². The first-order valence-electron chi connectivity index (χ1n) is 7.76. The summed E-state index contributed by atoms with van der Waals surface area (Å²) in [5.41, 5.74) is 1.37. The minimum atomic E-state index is -1.17. The molecule has 0 fully saturated rings. The Morgan fingerprint density at radius 2 is 1.80 bits per heavy atom. The number of aryl methyl sites for hydroxylation is 1. The Labute approximate surface area is 161 Å². The monoisotopic (exact) mass is 394 g/mol. The molecule has 0 saturated carbocycles. The molecule has 25 heavy (non-hydrogen) atoms. The fraction of sp³-hybridized carbons (Fsp3) is 0.211. The highest BCUT2D eigenvalue weighted by molar-refractivity contribution is 6.35. The first-order chi connectivity index (χ1) is 11.9. The van der Waals surface area contributed by atoms with Gasteiger partial charge in [0.1, 0.15) is 5.60 Å². The molecule has 0 saturated heterocycles. The van der Waals surface area contributed by atoms with Gasteiger partial charge < -0.3 is 9.67 Å². The first-order valence-corrected chi connectivity index (χ1v) is 8.89. The molecule has 0 bridgehead atoms. The number of aromatic nitrogens is 2. The van der Waals surface area contributed by atoms with Crippen LogP contribution in [-0.4, -0.2) is 14.7 Å². The van der Waals surface area contributed by atoms with Crippen LogP contribution >= 0.6 is 34.8 Å². The van der Waals surface area contributed by atoms with Crippen molar-refractivity contribution < 1.29 is 5.11 Å². The van der Waals surface area contributed by atoms with Gasteiger partial charge in [0.2, 0.25) is 0 Å². The van der Waals surface area contributed by atoms with Crippen molar-refractivity contribution in [3.8, 4) is 0 Å². The van der Waals surface area contributed by atoms with Gasteiger partial charge in [-0.25, -0.2) is 4.98 Å². The quantitative estimate of drug-likeness (QED) is 0.638. The summed E-state index contributed by atoms with van der Waals surface area (Å²) < 4.78 is 1.85. The topological polar surface area (TPSA) is 38.0 Å². The summed E-state index contributed by atoms with van der Waals surface area (Å²) in [5, 5.41) is 13.3. The SMILES string of the molecule is Cc1cc(Cl)ccc1C(O)(Cc1ccc(Cl)cc1Cl)Cn1ccnc1. The molecular formula is C19H17Cl3N2O. The molecule has 0 aliphatic rings. The third kappa shape index (κ3) is 4.18. The van der Waals surface area contributed by atoms with Crippen molar-refractivity contribution in [2.75, 3.05) is 0 Å². The minimum Gasteiger partial charge on any atom is -0.383 e. The Bertz CT molecular complexity index is 880. The number of hydrogen-bond donors (Lipinski definition) is 1. The van der Waals surface area contributed by atoms with E-state index in [2.05, 4.69) is 4.98 Å². The highest BCUT2D eigenvalue weighted by Crippen LogP contribution is 2.34. The summed E-state index contributed by atoms with van der Waals surface area (Å²) in [7, 11) is 0. The fourth-order valence-corrected chi connectivity index (χ4v) is 3.75. The summed E-state index contributed by atoms with van der Waals surface area (Å²) in [5.74, 6) is 0. The van der Waals surface area contributed by atoms with Crippen molar-refractivity contribution >= 4 is 34.8 Å². The Kier molecular flexibility index (Phi) is 5.40. The molecule has 1 heterocycles. The molecule has 1 atom stereocenters. The molecule has 1 N–H and O–H groups in total. The average Bonchev–Trinajstić information content (AvgIpc) is 3.02. The lowest BCUT2D eigenvalue weighted by Crippen LogP contribution is -2.34. The maximum absolute atomic E-state index is 11.6. The van der Waals surface area contributed by atoms with Crippen LogP contribution in [0.25, 0.3) is 0 Å². The lowest BCUT2D eigenvalue weighted by atomic mass is 9.84. The third-order valence-electron chi connectivity index (χ3n) is 4.19. The predicted octanol–water partition coefficient (Wildman–Crippen LogP) is 5.28. The van der Waals surface area contributed by atoms with Crippen LogP contribution in [0.15, 0.2) is 55.1 Å². The summed E-state index contributed by atoms with van der Waals surface area (Å²) in [4.78, 5) is 4.06. The van der Waals surface area contributed by atoms with Gasteiger partial charge in [0.15, 0.2) is 0 Å². The highest BCUT2D eigenvalue weighted by atomic mass is 35.5. The van der Waals surface area contributed by atoms with Crippen molar-refractivity contribution in [3.63, 3.8) is 0 Å². The van der Waals surface area contributed by atoms with Gasteiger partial charge in [0.05, 0.1) is 12.9 Å². The second-order valence-electron chi connectivity index (χ2n) is 6.14. The molecule has 0 amide bonds. The molecule has 130 valence electrons. The number of hydrogen-bond acceptors (Lipinski definition) is 2. The van der Waals surface area contributed by atoms with Crippen LogP contribution in [0.1, 0.15) is 16.7 Å². The van der Waals surface area contributed by atoms with Crippen LogP contribution in [0.3, 0.4) is 0 Å². The summed E-state index contributed by atoms with van der Waals surface area (Å²) in [6.07, 6.45) is 5.52. The fourth-order valence-electron chi connectivity index (χ4n) is 3.05. The molecule has 3 nitrogen and oxygen atoms in total. The van der Waals surface area contributed by atoms with Crippen LogP contribution in [0.2, 0.25) is 15.1 Å². The van der Waals surface area contributed by atoms with Crippen LogP contribution in [-0.2, 0) is 18.6 Å². The summed E-state index contributed by atoms with van der Waals surface area (Å²) in [6.45, 7) is 2.28. The van der Waals surface area contributed by atoms with Crippen LogP contribution < -0.4 is 0 Å². The molecule has 0 aliphatic heterocycles. The van der Waals surface area contributed by atoms with E-state index < -0.39 is 5.60 Å². The number of aliphatic hydroxyl groups is 1. The van der Waals surface area contributed by atoms with E-state index in [9.17, 15) is 5.11 Å². The number of halogens is 3. The van der Waals surface area contributed by atoms with E-state index >= 15 is 0 Å². The molecular weight excluding hydrogens is 379 g/mol. The molecule has 1 unspecified atom stereocenters. The van der Waals surface area contributed by atoms with Gasteiger partial charge in [-0.1, -0.05) is 46.9 Å². The van der Waals surface area contributed by atoms with Crippen molar-refractivity contribution in [1.29, 1.82) is 0 Å². The molecule has 0 spiro atoms. The number of rotatable bonds is 5. The van der Waals surface area contributed by atoms with Gasteiger partial charge in [0.25, 0.3) is 0 Å². The number of imidazole rings is 1. The van der Waals surface area contributed by atoms with Crippen LogP contribution in [0.5, 0.6) is 0 Å². The lowest BCUT2D eigenvalue weighted by molar-refractivity contribution is 0.0180. The molecule has 3 rings (SSSR count). The van der Waals surface area contributed by atoms with E-state index in [4.69, 9.17) is 34.8 Å². The van der Waals surface area contributed by atoms with Crippen LogP contribution in [0.4, 0.5) is 0 Å². The zero-order valence-corrected chi connectivity index (χ0v) is 15.9. The van der Waals surface area contributed by atoms with Crippen molar-refractivity contribution in [2.45, 2.75) is 25.5 Å². The van der Waals surface area contributed by atoms with E-state index in [0.717, 1.165) is 16.7 Å². The van der Waals surface area contributed by atoms with E-state index in [1.165, 1.54) is 0 Å². The zero-order valence-electron chi connectivity index (χ0n) is 13.6. The van der Waals surface area contributed by atoms with Crippen LogP contribution in [0, 0.1) is 6.92 Å². The Balaban J connectivity index is 2.04. The van der Waals surface area contributed by atoms with Crippen molar-refractivity contribution in [3.05, 3.63) is 86.9 Å². The van der Waals surface area contributed by atoms with E-state index in [0.29, 0.717) is 28.0 Å². The number of benzene rings is 2. The molecule has 3 aromatic rings. The predicted molar refractivity (Wildman–Crippen MR) is 102 cm³/mol. The summed E-state index contributed by atoms with van der Waals surface area (Å²) in [6, 6.07) is 10.8. The van der Waals surface area contributed by atoms with Gasteiger partial charge in [-0.3, -0.25) is 0 Å². The van der Waals surface area contributed by atoms with Gasteiger partial charge in [-0.15, -0.1) is 0 Å². The smallest absolute Gasteiger partial charge is 0.112 e. The Hall–Kier alpha value is -1.52. The standard InChI is InChI=1S/C19H17Cl3N2O/c1-13-8-15(20)4-5-17(13)19(25,11-24-7-6-23-12-24)10-14-2-3-16(21)9-18(14)22/h2-9,12,25H,10-11H2,1H3. The molecule has 0 radical (unpaired) electrons. The van der Waals surface area contributed by atoms with E-state index in [1.807, 2.05) is 35.9 Å². The molecule has 1 aromatic heterocycles. The van der Waals surface area contributed by atoms with Gasteiger partial charge in [0, 0.05) is 33.9 Å². The van der Waals surface area contributed by atoms with Gasteiger partial charge in [-0.05, 0) is 47.9 Å². The number of nitrogens with zero attached hydrogens (tertiary/aromatic N) is 2.